The summed E-state index contributed by atoms with van der Waals surface area (Å²) in [5, 5.41) is 7.78. The van der Waals surface area contributed by atoms with Gasteiger partial charge in [-0.2, -0.15) is 0 Å². The van der Waals surface area contributed by atoms with Gasteiger partial charge < -0.3 is 20.7 Å². The summed E-state index contributed by atoms with van der Waals surface area (Å²) in [7, 11) is 0. The van der Waals surface area contributed by atoms with Crippen molar-refractivity contribution in [1.82, 2.24) is 20.9 Å². The van der Waals surface area contributed by atoms with Gasteiger partial charge in [0.1, 0.15) is 0 Å². The summed E-state index contributed by atoms with van der Waals surface area (Å²) >= 11 is 0. The van der Waals surface area contributed by atoms with Crippen LogP contribution < -0.4 is 16.0 Å². The molecule has 0 aromatic rings. The SMILES string of the molecule is CC(=O)NCCC(=O)NCC(=O)NCCN1CCOCC1. The molecule has 0 saturated carbocycles. The first-order valence-electron chi connectivity index (χ1n) is 7.16. The predicted octanol–water partition coefficient (Wildman–Crippen LogP) is -1.92. The van der Waals surface area contributed by atoms with E-state index in [4.69, 9.17) is 4.74 Å². The van der Waals surface area contributed by atoms with Gasteiger partial charge in [0.15, 0.2) is 0 Å². The Morgan fingerprint density at radius 2 is 1.71 bits per heavy atom. The van der Waals surface area contributed by atoms with E-state index in [2.05, 4.69) is 20.9 Å². The topological polar surface area (TPSA) is 99.8 Å². The Bertz CT molecular complexity index is 356. The zero-order valence-corrected chi connectivity index (χ0v) is 12.4. The molecule has 1 heterocycles. The fraction of sp³-hybridized carbons (Fsp3) is 0.769. The smallest absolute Gasteiger partial charge is 0.239 e. The van der Waals surface area contributed by atoms with E-state index in [9.17, 15) is 14.4 Å². The lowest BCUT2D eigenvalue weighted by molar-refractivity contribution is -0.126. The van der Waals surface area contributed by atoms with Crippen LogP contribution in [0, 0.1) is 0 Å². The van der Waals surface area contributed by atoms with Gasteiger partial charge >= 0.3 is 0 Å². The van der Waals surface area contributed by atoms with Crippen LogP contribution in [-0.4, -0.2) is 75.1 Å². The maximum absolute atomic E-state index is 11.5. The molecule has 1 aliphatic heterocycles. The third-order valence-electron chi connectivity index (χ3n) is 3.03. The fourth-order valence-electron chi connectivity index (χ4n) is 1.86. The summed E-state index contributed by atoms with van der Waals surface area (Å²) in [5.41, 5.74) is 0. The number of rotatable bonds is 8. The zero-order valence-electron chi connectivity index (χ0n) is 12.4. The van der Waals surface area contributed by atoms with Gasteiger partial charge in [-0.3, -0.25) is 19.3 Å². The van der Waals surface area contributed by atoms with Gasteiger partial charge in [-0.15, -0.1) is 0 Å². The number of nitrogens with one attached hydrogen (secondary N) is 3. The first kappa shape index (κ1) is 17.4. The van der Waals surface area contributed by atoms with Crippen molar-refractivity contribution in [2.24, 2.45) is 0 Å². The molecule has 1 fully saturated rings. The van der Waals surface area contributed by atoms with Crippen molar-refractivity contribution in [3.63, 3.8) is 0 Å². The number of nitrogens with zero attached hydrogens (tertiary/aromatic N) is 1. The van der Waals surface area contributed by atoms with Crippen molar-refractivity contribution in [2.45, 2.75) is 13.3 Å². The highest BCUT2D eigenvalue weighted by molar-refractivity contribution is 5.84. The molecule has 1 aliphatic rings. The largest absolute Gasteiger partial charge is 0.379 e. The summed E-state index contributed by atoms with van der Waals surface area (Å²) in [6.45, 7) is 6.20. The lowest BCUT2D eigenvalue weighted by atomic mass is 10.4. The molecular formula is C13H24N4O4. The Kier molecular flexibility index (Phi) is 8.37. The van der Waals surface area contributed by atoms with Crippen LogP contribution in [0.15, 0.2) is 0 Å². The minimum absolute atomic E-state index is 0.0397. The van der Waals surface area contributed by atoms with E-state index in [0.29, 0.717) is 6.54 Å². The van der Waals surface area contributed by atoms with E-state index in [1.54, 1.807) is 0 Å². The second-order valence-electron chi connectivity index (χ2n) is 4.81. The molecule has 8 nitrogen and oxygen atoms in total. The van der Waals surface area contributed by atoms with Crippen molar-refractivity contribution in [1.29, 1.82) is 0 Å². The second kappa shape index (κ2) is 10.1. The molecule has 8 heteroatoms. The third kappa shape index (κ3) is 8.98. The number of hydrogen-bond acceptors (Lipinski definition) is 5. The molecule has 0 aliphatic carbocycles. The summed E-state index contributed by atoms with van der Waals surface area (Å²) in [6, 6.07) is 0. The molecule has 0 radical (unpaired) electrons. The number of carbonyl (C=O) groups is 3. The van der Waals surface area contributed by atoms with Gasteiger partial charge in [-0.25, -0.2) is 0 Å². The van der Waals surface area contributed by atoms with Crippen LogP contribution in [0.1, 0.15) is 13.3 Å². The molecule has 0 spiro atoms. The Balaban J connectivity index is 1.99. The molecule has 120 valence electrons. The number of morpholine rings is 1. The first-order valence-corrected chi connectivity index (χ1v) is 7.16. The van der Waals surface area contributed by atoms with Gasteiger partial charge in [-0.1, -0.05) is 0 Å². The zero-order chi connectivity index (χ0) is 15.5. The van der Waals surface area contributed by atoms with E-state index in [-0.39, 0.29) is 37.2 Å². The summed E-state index contributed by atoms with van der Waals surface area (Å²) in [4.78, 5) is 35.8. The molecule has 0 bridgehead atoms. The van der Waals surface area contributed by atoms with Crippen LogP contribution in [0.2, 0.25) is 0 Å². The van der Waals surface area contributed by atoms with E-state index in [1.165, 1.54) is 6.92 Å². The Labute approximate surface area is 124 Å². The van der Waals surface area contributed by atoms with Gasteiger partial charge in [-0.05, 0) is 0 Å². The highest BCUT2D eigenvalue weighted by Crippen LogP contribution is 1.94. The highest BCUT2D eigenvalue weighted by atomic mass is 16.5. The van der Waals surface area contributed by atoms with Gasteiger partial charge in [0.05, 0.1) is 19.8 Å². The molecule has 1 saturated heterocycles. The number of amides is 3. The number of carbonyl (C=O) groups excluding carboxylic acids is 3. The standard InChI is InChI=1S/C13H24N4O4/c1-11(18)14-3-2-12(19)16-10-13(20)15-4-5-17-6-8-21-9-7-17/h2-10H2,1H3,(H,14,18)(H,15,20)(H,16,19). The van der Waals surface area contributed by atoms with Crippen LogP contribution in [0.25, 0.3) is 0 Å². The second-order valence-corrected chi connectivity index (χ2v) is 4.81. The van der Waals surface area contributed by atoms with Crippen molar-refractivity contribution in [3.8, 4) is 0 Å². The minimum Gasteiger partial charge on any atom is -0.379 e. The maximum Gasteiger partial charge on any atom is 0.239 e. The third-order valence-corrected chi connectivity index (χ3v) is 3.03. The van der Waals surface area contributed by atoms with Gasteiger partial charge in [0, 0.05) is 46.1 Å². The molecule has 0 aromatic carbocycles. The highest BCUT2D eigenvalue weighted by Gasteiger charge is 2.10. The minimum atomic E-state index is -0.257. The van der Waals surface area contributed by atoms with Crippen molar-refractivity contribution >= 4 is 17.7 Å². The van der Waals surface area contributed by atoms with E-state index in [1.807, 2.05) is 0 Å². The molecule has 3 amide bonds. The summed E-state index contributed by atoms with van der Waals surface area (Å²) in [5.74, 6) is -0.646. The number of ether oxygens (including phenoxy) is 1. The van der Waals surface area contributed by atoms with Crippen LogP contribution in [-0.2, 0) is 19.1 Å². The summed E-state index contributed by atoms with van der Waals surface area (Å²) in [6.07, 6.45) is 0.167. The molecule has 0 atom stereocenters. The first-order chi connectivity index (χ1) is 10.1. The van der Waals surface area contributed by atoms with E-state index in [0.717, 1.165) is 32.8 Å². The molecular weight excluding hydrogens is 276 g/mol. The number of hydrogen-bond donors (Lipinski definition) is 3. The van der Waals surface area contributed by atoms with E-state index < -0.39 is 0 Å². The molecule has 3 N–H and O–H groups in total. The van der Waals surface area contributed by atoms with Crippen molar-refractivity contribution in [2.75, 3.05) is 52.5 Å². The van der Waals surface area contributed by atoms with Crippen LogP contribution in [0.4, 0.5) is 0 Å². The maximum atomic E-state index is 11.5. The summed E-state index contributed by atoms with van der Waals surface area (Å²) < 4.78 is 5.24. The lowest BCUT2D eigenvalue weighted by Crippen LogP contribution is -2.43. The van der Waals surface area contributed by atoms with Crippen molar-refractivity contribution < 1.29 is 19.1 Å². The molecule has 0 aromatic heterocycles. The van der Waals surface area contributed by atoms with Gasteiger partial charge in [0.2, 0.25) is 17.7 Å². The average molecular weight is 300 g/mol. The fourth-order valence-corrected chi connectivity index (χ4v) is 1.86. The van der Waals surface area contributed by atoms with Crippen LogP contribution in [0.5, 0.6) is 0 Å². The normalized spacial score (nSPS) is 15.3. The lowest BCUT2D eigenvalue weighted by Gasteiger charge is -2.26. The van der Waals surface area contributed by atoms with Crippen LogP contribution in [0.3, 0.4) is 0 Å². The molecule has 21 heavy (non-hydrogen) atoms. The van der Waals surface area contributed by atoms with Crippen LogP contribution >= 0.6 is 0 Å². The average Bonchev–Trinajstić information content (AvgIpc) is 2.46. The molecule has 1 rings (SSSR count). The Morgan fingerprint density at radius 1 is 1.00 bits per heavy atom. The quantitative estimate of drug-likeness (QED) is 0.485. The Hall–Kier alpha value is -1.67. The van der Waals surface area contributed by atoms with Gasteiger partial charge in [0.25, 0.3) is 0 Å². The monoisotopic (exact) mass is 300 g/mol. The molecule has 0 unspecified atom stereocenters. The van der Waals surface area contributed by atoms with E-state index >= 15 is 0 Å². The predicted molar refractivity (Wildman–Crippen MR) is 76.6 cm³/mol. The van der Waals surface area contributed by atoms with Crippen molar-refractivity contribution in [3.05, 3.63) is 0 Å². The Morgan fingerprint density at radius 3 is 2.38 bits per heavy atom.